The maximum atomic E-state index is 11.3. The second-order valence-corrected chi connectivity index (χ2v) is 7.59. The number of hydrogen-bond donors (Lipinski definition) is 2. The first-order chi connectivity index (χ1) is 15.4. The number of anilines is 1. The van der Waals surface area contributed by atoms with Crippen LogP contribution >= 0.6 is 23.2 Å². The van der Waals surface area contributed by atoms with Gasteiger partial charge in [0.1, 0.15) is 12.4 Å². The van der Waals surface area contributed by atoms with Crippen LogP contribution in [0.15, 0.2) is 54.6 Å². The molecule has 0 saturated heterocycles. The van der Waals surface area contributed by atoms with Gasteiger partial charge >= 0.3 is 5.97 Å². The minimum Gasteiger partial charge on any atom is -0.495 e. The van der Waals surface area contributed by atoms with Crippen molar-refractivity contribution < 1.29 is 24.1 Å². The fraction of sp³-hybridized carbons (Fsp3) is 0.208. The molecule has 3 rings (SSSR count). The zero-order valence-electron chi connectivity index (χ0n) is 17.7. The molecule has 0 aromatic heterocycles. The van der Waals surface area contributed by atoms with Crippen molar-refractivity contribution in [1.29, 1.82) is 0 Å². The molecule has 0 aliphatic heterocycles. The van der Waals surface area contributed by atoms with Gasteiger partial charge in [-0.05, 0) is 42.8 Å². The van der Waals surface area contributed by atoms with Gasteiger partial charge in [0.25, 0.3) is 0 Å². The third-order valence-corrected chi connectivity index (χ3v) is 5.39. The molecule has 0 heterocycles. The Morgan fingerprint density at radius 3 is 2.38 bits per heavy atom. The molecule has 168 valence electrons. The Hall–Kier alpha value is -3.09. The summed E-state index contributed by atoms with van der Waals surface area (Å²) in [5, 5.41) is 13.5. The highest BCUT2D eigenvalue weighted by molar-refractivity contribution is 6.31. The van der Waals surface area contributed by atoms with E-state index in [-0.39, 0.29) is 12.2 Å². The number of rotatable bonds is 10. The van der Waals surface area contributed by atoms with Gasteiger partial charge < -0.3 is 24.6 Å². The molecule has 0 unspecified atom stereocenters. The standard InChI is InChI=1S/C24H23Cl2NO5/c1-3-31-22-11-17(13-27-20-10-15(24(28)29)8-9-21(20)30-2)19(26)12-23(22)32-14-16-6-4-5-7-18(16)25/h4-12,27H,3,13-14H2,1-2H3,(H,28,29). The third-order valence-electron chi connectivity index (χ3n) is 4.67. The Labute approximate surface area is 196 Å². The van der Waals surface area contributed by atoms with Crippen LogP contribution < -0.4 is 19.5 Å². The zero-order valence-corrected chi connectivity index (χ0v) is 19.2. The second kappa shape index (κ2) is 11.0. The quantitative estimate of drug-likeness (QED) is 0.358. The lowest BCUT2D eigenvalue weighted by molar-refractivity contribution is 0.0697. The van der Waals surface area contributed by atoms with Crippen LogP contribution in [-0.2, 0) is 13.2 Å². The van der Waals surface area contributed by atoms with Gasteiger partial charge in [-0.15, -0.1) is 0 Å². The molecule has 32 heavy (non-hydrogen) atoms. The summed E-state index contributed by atoms with van der Waals surface area (Å²) in [4.78, 5) is 11.3. The Kier molecular flexibility index (Phi) is 8.09. The topological polar surface area (TPSA) is 77.0 Å². The van der Waals surface area contributed by atoms with Gasteiger partial charge in [-0.1, -0.05) is 41.4 Å². The first kappa shape index (κ1) is 23.6. The highest BCUT2D eigenvalue weighted by Crippen LogP contribution is 2.35. The number of methoxy groups -OCH3 is 1. The van der Waals surface area contributed by atoms with Crippen molar-refractivity contribution in [2.75, 3.05) is 19.0 Å². The van der Waals surface area contributed by atoms with Crippen LogP contribution in [0.2, 0.25) is 10.0 Å². The van der Waals surface area contributed by atoms with Crippen molar-refractivity contribution in [3.63, 3.8) is 0 Å². The summed E-state index contributed by atoms with van der Waals surface area (Å²) in [6, 6.07) is 15.5. The van der Waals surface area contributed by atoms with Crippen molar-refractivity contribution >= 4 is 34.9 Å². The van der Waals surface area contributed by atoms with E-state index in [2.05, 4.69) is 5.32 Å². The number of benzene rings is 3. The second-order valence-electron chi connectivity index (χ2n) is 6.78. The van der Waals surface area contributed by atoms with Gasteiger partial charge in [0, 0.05) is 28.2 Å². The fourth-order valence-corrected chi connectivity index (χ4v) is 3.45. The van der Waals surface area contributed by atoms with Gasteiger partial charge in [-0.3, -0.25) is 0 Å². The third kappa shape index (κ3) is 5.78. The normalized spacial score (nSPS) is 10.5. The SMILES string of the molecule is CCOc1cc(CNc2cc(C(=O)O)ccc2OC)c(Cl)cc1OCc1ccccc1Cl. The van der Waals surface area contributed by atoms with Crippen LogP contribution in [0.1, 0.15) is 28.4 Å². The van der Waals surface area contributed by atoms with Gasteiger partial charge in [-0.2, -0.15) is 0 Å². The maximum Gasteiger partial charge on any atom is 0.335 e. The molecule has 0 saturated carbocycles. The molecule has 0 spiro atoms. The molecule has 2 N–H and O–H groups in total. The number of hydrogen-bond acceptors (Lipinski definition) is 5. The Bertz CT molecular complexity index is 1100. The molecular formula is C24H23Cl2NO5. The highest BCUT2D eigenvalue weighted by atomic mass is 35.5. The number of carboxylic acid groups (broad SMARTS) is 1. The first-order valence-corrected chi connectivity index (χ1v) is 10.6. The van der Waals surface area contributed by atoms with Crippen LogP contribution in [-0.4, -0.2) is 24.8 Å². The van der Waals surface area contributed by atoms with Crippen molar-refractivity contribution in [2.24, 2.45) is 0 Å². The molecule has 0 aliphatic carbocycles. The van der Waals surface area contributed by atoms with E-state index in [1.54, 1.807) is 24.3 Å². The smallest absolute Gasteiger partial charge is 0.335 e. The van der Waals surface area contributed by atoms with E-state index in [1.807, 2.05) is 25.1 Å². The van der Waals surface area contributed by atoms with Gasteiger partial charge in [0.05, 0.1) is 25.0 Å². The van der Waals surface area contributed by atoms with Gasteiger partial charge in [-0.25, -0.2) is 4.79 Å². The van der Waals surface area contributed by atoms with E-state index in [4.69, 9.17) is 37.4 Å². The lowest BCUT2D eigenvalue weighted by atomic mass is 10.1. The minimum absolute atomic E-state index is 0.151. The van der Waals surface area contributed by atoms with E-state index < -0.39 is 5.97 Å². The molecule has 0 bridgehead atoms. The number of aromatic carboxylic acids is 1. The number of ether oxygens (including phenoxy) is 3. The lowest BCUT2D eigenvalue weighted by Gasteiger charge is -2.17. The summed E-state index contributed by atoms with van der Waals surface area (Å²) in [7, 11) is 1.52. The summed E-state index contributed by atoms with van der Waals surface area (Å²) < 4.78 is 17.0. The van der Waals surface area contributed by atoms with E-state index in [9.17, 15) is 9.90 Å². The molecule has 0 amide bonds. The molecule has 0 fully saturated rings. The number of halogens is 2. The molecule has 0 aliphatic rings. The Morgan fingerprint density at radius 2 is 1.69 bits per heavy atom. The monoisotopic (exact) mass is 475 g/mol. The van der Waals surface area contributed by atoms with E-state index >= 15 is 0 Å². The maximum absolute atomic E-state index is 11.3. The van der Waals surface area contributed by atoms with E-state index in [0.717, 1.165) is 11.1 Å². The molecule has 0 radical (unpaired) electrons. The Balaban J connectivity index is 1.81. The molecular weight excluding hydrogens is 453 g/mol. The van der Waals surface area contributed by atoms with Crippen molar-refractivity contribution in [2.45, 2.75) is 20.1 Å². The van der Waals surface area contributed by atoms with Crippen molar-refractivity contribution in [1.82, 2.24) is 0 Å². The zero-order chi connectivity index (χ0) is 23.1. The van der Waals surface area contributed by atoms with Crippen LogP contribution in [0.4, 0.5) is 5.69 Å². The highest BCUT2D eigenvalue weighted by Gasteiger charge is 2.14. The van der Waals surface area contributed by atoms with Crippen molar-refractivity contribution in [3.05, 3.63) is 81.3 Å². The Morgan fingerprint density at radius 1 is 0.938 bits per heavy atom. The summed E-state index contributed by atoms with van der Waals surface area (Å²) in [5.74, 6) is 0.557. The van der Waals surface area contributed by atoms with Crippen LogP contribution in [0.5, 0.6) is 17.2 Å². The number of carbonyl (C=O) groups is 1. The minimum atomic E-state index is -1.02. The van der Waals surface area contributed by atoms with Gasteiger partial charge in [0.15, 0.2) is 11.5 Å². The molecule has 3 aromatic carbocycles. The largest absolute Gasteiger partial charge is 0.495 e. The summed E-state index contributed by atoms with van der Waals surface area (Å²) in [6.07, 6.45) is 0. The van der Waals surface area contributed by atoms with E-state index in [0.29, 0.717) is 46.1 Å². The van der Waals surface area contributed by atoms with E-state index in [1.165, 1.54) is 19.2 Å². The average Bonchev–Trinajstić information content (AvgIpc) is 2.78. The summed E-state index contributed by atoms with van der Waals surface area (Å²) >= 11 is 12.7. The van der Waals surface area contributed by atoms with Gasteiger partial charge in [0.2, 0.25) is 0 Å². The van der Waals surface area contributed by atoms with Crippen LogP contribution in [0, 0.1) is 0 Å². The van der Waals surface area contributed by atoms with Crippen LogP contribution in [0.25, 0.3) is 0 Å². The number of nitrogens with one attached hydrogen (secondary N) is 1. The first-order valence-electron chi connectivity index (χ1n) is 9.89. The summed E-state index contributed by atoms with van der Waals surface area (Å²) in [6.45, 7) is 2.92. The van der Waals surface area contributed by atoms with Crippen LogP contribution in [0.3, 0.4) is 0 Å². The molecule has 0 atom stereocenters. The molecule has 3 aromatic rings. The molecule has 8 heteroatoms. The molecule has 6 nitrogen and oxygen atoms in total. The number of carboxylic acids is 1. The fourth-order valence-electron chi connectivity index (χ4n) is 3.03. The van der Waals surface area contributed by atoms with Crippen molar-refractivity contribution in [3.8, 4) is 17.2 Å². The predicted molar refractivity (Wildman–Crippen MR) is 126 cm³/mol. The lowest BCUT2D eigenvalue weighted by Crippen LogP contribution is -2.06. The average molecular weight is 476 g/mol. The predicted octanol–water partition coefficient (Wildman–Crippen LogP) is 6.29. The summed E-state index contributed by atoms with van der Waals surface area (Å²) in [5.41, 5.74) is 2.30.